The zero-order valence-corrected chi connectivity index (χ0v) is 10.3. The number of nitrogens with zero attached hydrogens (tertiary/aromatic N) is 1. The highest BCUT2D eigenvalue weighted by molar-refractivity contribution is 5.87. The van der Waals surface area contributed by atoms with Crippen LogP contribution in [0.5, 0.6) is 0 Å². The van der Waals surface area contributed by atoms with Crippen LogP contribution in [0.1, 0.15) is 32.6 Å². The lowest BCUT2D eigenvalue weighted by Crippen LogP contribution is -2.57. The van der Waals surface area contributed by atoms with E-state index in [2.05, 4.69) is 0 Å². The molecule has 4 N–H and O–H groups in total. The SMILES string of the molecule is CC(N)(C(=O)N1CCCC(C(N)=O)C1)C1CC1. The maximum absolute atomic E-state index is 12.3. The van der Waals surface area contributed by atoms with Crippen molar-refractivity contribution in [2.24, 2.45) is 23.3 Å². The van der Waals surface area contributed by atoms with Crippen LogP contribution in [0.3, 0.4) is 0 Å². The highest BCUT2D eigenvalue weighted by Gasteiger charge is 2.46. The molecule has 2 aliphatic rings. The van der Waals surface area contributed by atoms with Gasteiger partial charge < -0.3 is 16.4 Å². The lowest BCUT2D eigenvalue weighted by atomic mass is 9.91. The third-order valence-electron chi connectivity index (χ3n) is 4.00. The summed E-state index contributed by atoms with van der Waals surface area (Å²) in [5.41, 5.74) is 10.6. The number of piperidine rings is 1. The number of primary amides is 1. The second-order valence-electron chi connectivity index (χ2n) is 5.55. The number of hydrogen-bond donors (Lipinski definition) is 2. The molecule has 2 atom stereocenters. The smallest absolute Gasteiger partial charge is 0.242 e. The predicted molar refractivity (Wildman–Crippen MR) is 63.8 cm³/mol. The van der Waals surface area contributed by atoms with Crippen molar-refractivity contribution in [2.75, 3.05) is 13.1 Å². The highest BCUT2D eigenvalue weighted by atomic mass is 16.2. The molecule has 1 aliphatic carbocycles. The molecule has 1 saturated heterocycles. The highest BCUT2D eigenvalue weighted by Crippen LogP contribution is 2.39. The van der Waals surface area contributed by atoms with E-state index in [9.17, 15) is 9.59 Å². The first-order valence-electron chi connectivity index (χ1n) is 6.30. The Kier molecular flexibility index (Phi) is 3.12. The molecule has 2 unspecified atom stereocenters. The zero-order valence-electron chi connectivity index (χ0n) is 10.3. The van der Waals surface area contributed by atoms with Crippen molar-refractivity contribution in [3.8, 4) is 0 Å². The first kappa shape index (κ1) is 12.4. The van der Waals surface area contributed by atoms with E-state index in [4.69, 9.17) is 11.5 Å². The molecule has 0 aromatic rings. The van der Waals surface area contributed by atoms with E-state index >= 15 is 0 Å². The first-order valence-corrected chi connectivity index (χ1v) is 6.30. The Bertz CT molecular complexity index is 337. The van der Waals surface area contributed by atoms with Crippen molar-refractivity contribution in [2.45, 2.75) is 38.1 Å². The molecule has 0 aromatic carbocycles. The van der Waals surface area contributed by atoms with Crippen LogP contribution in [0.4, 0.5) is 0 Å². The minimum absolute atomic E-state index is 0.0223. The largest absolute Gasteiger partial charge is 0.369 e. The van der Waals surface area contributed by atoms with Crippen molar-refractivity contribution in [1.82, 2.24) is 4.90 Å². The number of carbonyl (C=O) groups excluding carboxylic acids is 2. The van der Waals surface area contributed by atoms with Crippen molar-refractivity contribution in [3.05, 3.63) is 0 Å². The first-order chi connectivity index (χ1) is 7.93. The summed E-state index contributed by atoms with van der Waals surface area (Å²) in [6.07, 6.45) is 3.68. The van der Waals surface area contributed by atoms with Crippen molar-refractivity contribution < 1.29 is 9.59 Å². The van der Waals surface area contributed by atoms with Crippen LogP contribution >= 0.6 is 0 Å². The van der Waals surface area contributed by atoms with Crippen LogP contribution < -0.4 is 11.5 Å². The summed E-state index contributed by atoms with van der Waals surface area (Å²) in [4.78, 5) is 25.2. The van der Waals surface area contributed by atoms with Crippen LogP contribution in [-0.4, -0.2) is 35.3 Å². The minimum Gasteiger partial charge on any atom is -0.369 e. The second-order valence-corrected chi connectivity index (χ2v) is 5.55. The van der Waals surface area contributed by atoms with Gasteiger partial charge in [-0.05, 0) is 38.5 Å². The molecule has 0 bridgehead atoms. The van der Waals surface area contributed by atoms with E-state index in [0.717, 1.165) is 25.7 Å². The van der Waals surface area contributed by atoms with E-state index in [-0.39, 0.29) is 17.7 Å². The second kappa shape index (κ2) is 4.29. The third-order valence-corrected chi connectivity index (χ3v) is 4.00. The number of amides is 2. The molecule has 0 radical (unpaired) electrons. The van der Waals surface area contributed by atoms with E-state index < -0.39 is 5.54 Å². The van der Waals surface area contributed by atoms with E-state index in [1.807, 2.05) is 0 Å². The molecule has 17 heavy (non-hydrogen) atoms. The summed E-state index contributed by atoms with van der Waals surface area (Å²) in [5, 5.41) is 0. The Hall–Kier alpha value is -1.10. The van der Waals surface area contributed by atoms with Gasteiger partial charge in [-0.1, -0.05) is 0 Å². The number of rotatable bonds is 3. The molecule has 96 valence electrons. The quantitative estimate of drug-likeness (QED) is 0.717. The van der Waals surface area contributed by atoms with Gasteiger partial charge in [-0.25, -0.2) is 0 Å². The Morgan fingerprint density at radius 1 is 1.29 bits per heavy atom. The number of carbonyl (C=O) groups is 2. The van der Waals surface area contributed by atoms with E-state index in [1.54, 1.807) is 11.8 Å². The molecule has 1 heterocycles. The topological polar surface area (TPSA) is 89.4 Å². The van der Waals surface area contributed by atoms with Crippen molar-refractivity contribution in [1.29, 1.82) is 0 Å². The fourth-order valence-electron chi connectivity index (χ4n) is 2.59. The summed E-state index contributed by atoms with van der Waals surface area (Å²) < 4.78 is 0. The summed E-state index contributed by atoms with van der Waals surface area (Å²) in [5.74, 6) is -0.231. The van der Waals surface area contributed by atoms with Gasteiger partial charge in [0, 0.05) is 13.1 Å². The van der Waals surface area contributed by atoms with Crippen molar-refractivity contribution in [3.63, 3.8) is 0 Å². The molecule has 5 nitrogen and oxygen atoms in total. The third kappa shape index (κ3) is 2.44. The maximum atomic E-state index is 12.3. The number of likely N-dealkylation sites (tertiary alicyclic amines) is 1. The zero-order chi connectivity index (χ0) is 12.6. The van der Waals surface area contributed by atoms with E-state index in [1.165, 1.54) is 0 Å². The van der Waals surface area contributed by atoms with Crippen LogP contribution in [0, 0.1) is 11.8 Å². The molecule has 2 amide bonds. The lowest BCUT2D eigenvalue weighted by Gasteiger charge is -2.36. The average molecular weight is 239 g/mol. The van der Waals surface area contributed by atoms with Crippen LogP contribution in [-0.2, 0) is 9.59 Å². The molecule has 2 fully saturated rings. The van der Waals surface area contributed by atoms with Gasteiger partial charge in [0.25, 0.3) is 0 Å². The van der Waals surface area contributed by atoms with Gasteiger partial charge in [-0.15, -0.1) is 0 Å². The molecule has 5 heteroatoms. The molecular weight excluding hydrogens is 218 g/mol. The normalized spacial score (nSPS) is 28.6. The van der Waals surface area contributed by atoms with Gasteiger partial charge in [-0.3, -0.25) is 9.59 Å². The van der Waals surface area contributed by atoms with Crippen molar-refractivity contribution >= 4 is 11.8 Å². The van der Waals surface area contributed by atoms with Crippen LogP contribution in [0.15, 0.2) is 0 Å². The fraction of sp³-hybridized carbons (Fsp3) is 0.833. The standard InChI is InChI=1S/C12H21N3O2/c1-12(14,9-4-5-9)11(17)15-6-2-3-8(7-15)10(13)16/h8-9H,2-7,14H2,1H3,(H2,13,16). The number of nitrogens with two attached hydrogens (primary N) is 2. The van der Waals surface area contributed by atoms with Gasteiger partial charge >= 0.3 is 0 Å². The van der Waals surface area contributed by atoms with Crippen LogP contribution in [0.25, 0.3) is 0 Å². The summed E-state index contributed by atoms with van der Waals surface area (Å²) in [6.45, 7) is 2.94. The number of hydrogen-bond acceptors (Lipinski definition) is 3. The Morgan fingerprint density at radius 3 is 2.47 bits per heavy atom. The summed E-state index contributed by atoms with van der Waals surface area (Å²) in [7, 11) is 0. The van der Waals surface area contributed by atoms with Gasteiger partial charge in [0.1, 0.15) is 0 Å². The maximum Gasteiger partial charge on any atom is 0.242 e. The molecule has 1 aliphatic heterocycles. The Morgan fingerprint density at radius 2 is 1.94 bits per heavy atom. The Balaban J connectivity index is 2.01. The van der Waals surface area contributed by atoms with Gasteiger partial charge in [0.05, 0.1) is 11.5 Å². The average Bonchev–Trinajstić information content (AvgIpc) is 3.12. The lowest BCUT2D eigenvalue weighted by molar-refractivity contribution is -0.140. The fourth-order valence-corrected chi connectivity index (χ4v) is 2.59. The molecule has 1 saturated carbocycles. The summed E-state index contributed by atoms with van der Waals surface area (Å²) in [6, 6.07) is 0. The molecule has 0 aromatic heterocycles. The summed E-state index contributed by atoms with van der Waals surface area (Å²) >= 11 is 0. The molecule has 2 rings (SSSR count). The molecule has 0 spiro atoms. The van der Waals surface area contributed by atoms with Crippen LogP contribution in [0.2, 0.25) is 0 Å². The van der Waals surface area contributed by atoms with Gasteiger partial charge in [0.2, 0.25) is 11.8 Å². The van der Waals surface area contributed by atoms with E-state index in [0.29, 0.717) is 19.0 Å². The Labute approximate surface area is 102 Å². The monoisotopic (exact) mass is 239 g/mol. The minimum atomic E-state index is -0.764. The predicted octanol–water partition coefficient (Wildman–Crippen LogP) is -0.162. The molecular formula is C12H21N3O2. The van der Waals surface area contributed by atoms with Gasteiger partial charge in [-0.2, -0.15) is 0 Å². The van der Waals surface area contributed by atoms with Gasteiger partial charge in [0.15, 0.2) is 0 Å².